The Bertz CT molecular complexity index is 447. The van der Waals surface area contributed by atoms with Crippen LogP contribution in [-0.4, -0.2) is 39.7 Å². The summed E-state index contributed by atoms with van der Waals surface area (Å²) in [6.45, 7) is 0.568. The van der Waals surface area contributed by atoms with Crippen LogP contribution in [0.5, 0.6) is 0 Å². The molecule has 98 valence electrons. The van der Waals surface area contributed by atoms with Crippen molar-refractivity contribution in [3.8, 4) is 0 Å². The molecular weight excluding hydrogens is 238 g/mol. The number of anilines is 2. The summed E-state index contributed by atoms with van der Waals surface area (Å²) in [7, 11) is 1.65. The molecule has 0 aromatic carbocycles. The van der Waals surface area contributed by atoms with Crippen LogP contribution in [0.15, 0.2) is 6.20 Å². The van der Waals surface area contributed by atoms with Gasteiger partial charge >= 0.3 is 5.69 Å². The number of nitrogens with one attached hydrogen (secondary N) is 2. The summed E-state index contributed by atoms with van der Waals surface area (Å²) in [6, 6.07) is 0. The van der Waals surface area contributed by atoms with Gasteiger partial charge in [-0.15, -0.1) is 0 Å². The second-order valence-corrected chi connectivity index (χ2v) is 4.31. The van der Waals surface area contributed by atoms with Crippen molar-refractivity contribution in [1.82, 2.24) is 9.97 Å². The molecule has 1 aromatic rings. The van der Waals surface area contributed by atoms with Crippen molar-refractivity contribution in [2.45, 2.75) is 18.9 Å². The van der Waals surface area contributed by atoms with E-state index in [0.29, 0.717) is 18.4 Å². The summed E-state index contributed by atoms with van der Waals surface area (Å²) in [5.74, 6) is 0.880. The Morgan fingerprint density at radius 2 is 2.33 bits per heavy atom. The molecule has 1 saturated carbocycles. The fourth-order valence-corrected chi connectivity index (χ4v) is 1.87. The SMILES string of the molecule is CNc1ncc([N+](=O)[O-])c(NCC2CC(O)C2)n1. The van der Waals surface area contributed by atoms with Crippen LogP contribution in [0.3, 0.4) is 0 Å². The van der Waals surface area contributed by atoms with Gasteiger partial charge in [-0.05, 0) is 18.8 Å². The van der Waals surface area contributed by atoms with Crippen LogP contribution in [0.25, 0.3) is 0 Å². The number of aliphatic hydroxyl groups is 1. The van der Waals surface area contributed by atoms with Gasteiger partial charge in [0.2, 0.25) is 11.8 Å². The quantitative estimate of drug-likeness (QED) is 0.520. The monoisotopic (exact) mass is 253 g/mol. The van der Waals surface area contributed by atoms with Gasteiger partial charge in [0.1, 0.15) is 6.20 Å². The molecule has 8 heteroatoms. The molecule has 18 heavy (non-hydrogen) atoms. The second kappa shape index (κ2) is 5.13. The van der Waals surface area contributed by atoms with Crippen LogP contribution < -0.4 is 10.6 Å². The lowest BCUT2D eigenvalue weighted by Crippen LogP contribution is -2.33. The van der Waals surface area contributed by atoms with Gasteiger partial charge in [-0.2, -0.15) is 4.98 Å². The fourth-order valence-electron chi connectivity index (χ4n) is 1.87. The minimum absolute atomic E-state index is 0.145. The minimum atomic E-state index is -0.516. The van der Waals surface area contributed by atoms with E-state index in [9.17, 15) is 10.1 Å². The van der Waals surface area contributed by atoms with E-state index >= 15 is 0 Å². The smallest absolute Gasteiger partial charge is 0.329 e. The Balaban J connectivity index is 2.06. The Kier molecular flexibility index (Phi) is 3.56. The normalized spacial score (nSPS) is 22.1. The molecular formula is C10H15N5O3. The molecule has 0 spiro atoms. The molecule has 0 saturated heterocycles. The van der Waals surface area contributed by atoms with Crippen LogP contribution >= 0.6 is 0 Å². The maximum absolute atomic E-state index is 10.8. The minimum Gasteiger partial charge on any atom is -0.393 e. The van der Waals surface area contributed by atoms with E-state index < -0.39 is 4.92 Å². The second-order valence-electron chi connectivity index (χ2n) is 4.31. The topological polar surface area (TPSA) is 113 Å². The summed E-state index contributed by atoms with van der Waals surface area (Å²) >= 11 is 0. The van der Waals surface area contributed by atoms with Gasteiger partial charge in [-0.25, -0.2) is 4.98 Å². The number of aliphatic hydroxyl groups excluding tert-OH is 1. The third kappa shape index (κ3) is 2.65. The summed E-state index contributed by atoms with van der Waals surface area (Å²) in [5, 5.41) is 25.7. The number of nitro groups is 1. The molecule has 3 N–H and O–H groups in total. The summed E-state index contributed by atoms with van der Waals surface area (Å²) < 4.78 is 0. The fraction of sp³-hybridized carbons (Fsp3) is 0.600. The van der Waals surface area contributed by atoms with Gasteiger partial charge in [0.15, 0.2) is 0 Å². The highest BCUT2D eigenvalue weighted by Gasteiger charge is 2.27. The lowest BCUT2D eigenvalue weighted by Gasteiger charge is -2.31. The predicted octanol–water partition coefficient (Wildman–Crippen LogP) is 0.609. The van der Waals surface area contributed by atoms with Crippen LogP contribution in [0, 0.1) is 16.0 Å². The highest BCUT2D eigenvalue weighted by atomic mass is 16.6. The number of rotatable bonds is 5. The Morgan fingerprint density at radius 3 is 2.89 bits per heavy atom. The average Bonchev–Trinajstić information content (AvgIpc) is 2.32. The maximum atomic E-state index is 10.8. The van der Waals surface area contributed by atoms with Gasteiger partial charge in [-0.1, -0.05) is 0 Å². The van der Waals surface area contributed by atoms with E-state index in [2.05, 4.69) is 20.6 Å². The van der Waals surface area contributed by atoms with Gasteiger partial charge in [0, 0.05) is 13.6 Å². The molecule has 0 radical (unpaired) electrons. The third-order valence-corrected chi connectivity index (χ3v) is 2.96. The first-order chi connectivity index (χ1) is 8.60. The molecule has 1 aliphatic carbocycles. The molecule has 0 atom stereocenters. The maximum Gasteiger partial charge on any atom is 0.329 e. The standard InChI is InChI=1S/C10H15N5O3/c1-11-10-13-5-8(15(17)18)9(14-10)12-4-6-2-7(16)3-6/h5-7,16H,2-4H2,1H3,(H2,11,12,13,14). The van der Waals surface area contributed by atoms with Crippen molar-refractivity contribution in [3.05, 3.63) is 16.3 Å². The highest BCUT2D eigenvalue weighted by molar-refractivity contribution is 5.56. The van der Waals surface area contributed by atoms with E-state index in [-0.39, 0.29) is 17.6 Å². The Morgan fingerprint density at radius 1 is 1.61 bits per heavy atom. The lowest BCUT2D eigenvalue weighted by atomic mass is 9.82. The molecule has 0 amide bonds. The molecule has 0 bridgehead atoms. The molecule has 8 nitrogen and oxygen atoms in total. The van der Waals surface area contributed by atoms with Crippen molar-refractivity contribution in [2.24, 2.45) is 5.92 Å². The van der Waals surface area contributed by atoms with Crippen molar-refractivity contribution in [3.63, 3.8) is 0 Å². The number of hydrogen-bond acceptors (Lipinski definition) is 7. The molecule has 1 aliphatic rings. The van der Waals surface area contributed by atoms with E-state index in [1.165, 1.54) is 6.20 Å². The first-order valence-electron chi connectivity index (χ1n) is 5.71. The van der Waals surface area contributed by atoms with Gasteiger partial charge in [0.25, 0.3) is 0 Å². The van der Waals surface area contributed by atoms with E-state index in [4.69, 9.17) is 5.11 Å². The molecule has 0 unspecified atom stereocenters. The zero-order valence-corrected chi connectivity index (χ0v) is 9.96. The van der Waals surface area contributed by atoms with Crippen molar-refractivity contribution < 1.29 is 10.0 Å². The van der Waals surface area contributed by atoms with Gasteiger partial charge in [0.05, 0.1) is 11.0 Å². The first kappa shape index (κ1) is 12.5. The van der Waals surface area contributed by atoms with Crippen LogP contribution in [-0.2, 0) is 0 Å². The van der Waals surface area contributed by atoms with Crippen molar-refractivity contribution >= 4 is 17.5 Å². The van der Waals surface area contributed by atoms with Crippen molar-refractivity contribution in [2.75, 3.05) is 24.2 Å². The van der Waals surface area contributed by atoms with E-state index in [1.807, 2.05) is 0 Å². The highest BCUT2D eigenvalue weighted by Crippen LogP contribution is 2.28. The van der Waals surface area contributed by atoms with Crippen LogP contribution in [0.4, 0.5) is 17.5 Å². The summed E-state index contributed by atoms with van der Waals surface area (Å²) in [6.07, 6.45) is 2.40. The third-order valence-electron chi connectivity index (χ3n) is 2.96. The average molecular weight is 253 g/mol. The zero-order chi connectivity index (χ0) is 13.1. The summed E-state index contributed by atoms with van der Waals surface area (Å²) in [4.78, 5) is 18.1. The molecule has 1 aromatic heterocycles. The zero-order valence-electron chi connectivity index (χ0n) is 9.96. The molecule has 1 heterocycles. The summed E-state index contributed by atoms with van der Waals surface area (Å²) in [5.41, 5.74) is -0.145. The predicted molar refractivity (Wildman–Crippen MR) is 65.5 cm³/mol. The largest absolute Gasteiger partial charge is 0.393 e. The van der Waals surface area contributed by atoms with E-state index in [0.717, 1.165) is 12.8 Å². The van der Waals surface area contributed by atoms with Crippen LogP contribution in [0.1, 0.15) is 12.8 Å². The van der Waals surface area contributed by atoms with Gasteiger partial charge in [-0.3, -0.25) is 10.1 Å². The number of aromatic nitrogens is 2. The van der Waals surface area contributed by atoms with Gasteiger partial charge < -0.3 is 15.7 Å². The lowest BCUT2D eigenvalue weighted by molar-refractivity contribution is -0.384. The van der Waals surface area contributed by atoms with E-state index in [1.54, 1.807) is 7.05 Å². The van der Waals surface area contributed by atoms with Crippen LogP contribution in [0.2, 0.25) is 0 Å². The molecule has 1 fully saturated rings. The molecule has 2 rings (SSSR count). The molecule has 0 aliphatic heterocycles. The number of nitrogens with zero attached hydrogens (tertiary/aromatic N) is 3. The Labute approximate surface area is 104 Å². The first-order valence-corrected chi connectivity index (χ1v) is 5.71. The Hall–Kier alpha value is -1.96. The van der Waals surface area contributed by atoms with Crippen molar-refractivity contribution in [1.29, 1.82) is 0 Å². The number of hydrogen-bond donors (Lipinski definition) is 3.